The first-order chi connectivity index (χ1) is 11.6. The zero-order valence-electron chi connectivity index (χ0n) is 17.1. The molecule has 0 atom stereocenters. The number of carboxylic acids is 6. The van der Waals surface area contributed by atoms with Gasteiger partial charge in [-0.3, -0.25) is 19.2 Å². The lowest BCUT2D eigenvalue weighted by Gasteiger charge is -2.18. The SMILES string of the molecule is N.N.N.N.N.N.O=C(O)CC(O)(CC(=O)O)C(=O)O.O=C(O)CC(O)(CC(=O)O)C(=O)O. The molecule has 0 fully saturated rings. The molecule has 0 amide bonds. The normalized spacial score (nSPS) is 8.81. The predicted molar refractivity (Wildman–Crippen MR) is 104 cm³/mol. The molecule has 0 rings (SSSR count). The van der Waals surface area contributed by atoms with Gasteiger partial charge in [-0.2, -0.15) is 0 Å². The molecule has 0 aliphatic carbocycles. The van der Waals surface area contributed by atoms with Crippen molar-refractivity contribution in [2.75, 3.05) is 0 Å². The van der Waals surface area contributed by atoms with Crippen molar-refractivity contribution in [2.24, 2.45) is 0 Å². The van der Waals surface area contributed by atoms with Crippen molar-refractivity contribution >= 4 is 35.8 Å². The molecule has 0 aromatic rings. The highest BCUT2D eigenvalue weighted by Gasteiger charge is 2.41. The van der Waals surface area contributed by atoms with E-state index in [-0.39, 0.29) is 36.9 Å². The summed E-state index contributed by atoms with van der Waals surface area (Å²) in [7, 11) is 0. The molecule has 0 unspecified atom stereocenters. The lowest BCUT2D eigenvalue weighted by Crippen LogP contribution is -2.42. The Balaban J connectivity index is -0.0000000505. The maximum Gasteiger partial charge on any atom is 0.336 e. The maximum absolute atomic E-state index is 10.3. The van der Waals surface area contributed by atoms with Crippen LogP contribution in [0.15, 0.2) is 0 Å². The molecule has 0 aliphatic rings. The molecule has 0 aliphatic heterocycles. The molecule has 0 aromatic carbocycles. The topological polar surface area (TPSA) is 474 Å². The average molecular weight is 486 g/mol. The van der Waals surface area contributed by atoms with Crippen LogP contribution in [0.25, 0.3) is 0 Å². The largest absolute Gasteiger partial charge is 0.481 e. The quantitative estimate of drug-likeness (QED) is 0.166. The second kappa shape index (κ2) is 20.8. The fourth-order valence-corrected chi connectivity index (χ4v) is 1.43. The highest BCUT2D eigenvalue weighted by molar-refractivity contribution is 5.88. The fourth-order valence-electron chi connectivity index (χ4n) is 1.43. The second-order valence-corrected chi connectivity index (χ2v) is 4.96. The summed E-state index contributed by atoms with van der Waals surface area (Å²) in [5, 5.41) is 67.6. The first-order valence-corrected chi connectivity index (χ1v) is 6.34. The van der Waals surface area contributed by atoms with E-state index in [1.54, 1.807) is 0 Å². The Labute approximate surface area is 180 Å². The summed E-state index contributed by atoms with van der Waals surface area (Å²) in [6, 6.07) is 0. The van der Waals surface area contributed by atoms with Gasteiger partial charge < -0.3 is 77.8 Å². The van der Waals surface area contributed by atoms with Gasteiger partial charge in [-0.15, -0.1) is 0 Å². The van der Waals surface area contributed by atoms with Gasteiger partial charge in [0.25, 0.3) is 0 Å². The number of hydrogen-bond donors (Lipinski definition) is 14. The van der Waals surface area contributed by atoms with Gasteiger partial charge in [-0.25, -0.2) is 9.59 Å². The van der Waals surface area contributed by atoms with E-state index >= 15 is 0 Å². The molecule has 20 nitrogen and oxygen atoms in total. The van der Waals surface area contributed by atoms with Crippen LogP contribution in [-0.2, 0) is 28.8 Å². The first-order valence-electron chi connectivity index (χ1n) is 6.34. The summed E-state index contributed by atoms with van der Waals surface area (Å²) in [4.78, 5) is 61.0. The average Bonchev–Trinajstić information content (AvgIpc) is 2.34. The third-order valence-electron chi connectivity index (χ3n) is 2.57. The van der Waals surface area contributed by atoms with Gasteiger partial charge in [-0.1, -0.05) is 0 Å². The van der Waals surface area contributed by atoms with E-state index in [0.29, 0.717) is 0 Å². The van der Waals surface area contributed by atoms with E-state index in [9.17, 15) is 28.8 Å². The molecule has 0 spiro atoms. The fraction of sp³-hybridized carbons (Fsp3) is 0.500. The maximum atomic E-state index is 10.3. The van der Waals surface area contributed by atoms with Crippen molar-refractivity contribution in [3.8, 4) is 0 Å². The van der Waals surface area contributed by atoms with Gasteiger partial charge >= 0.3 is 35.8 Å². The van der Waals surface area contributed by atoms with Crippen molar-refractivity contribution in [3.63, 3.8) is 0 Å². The smallest absolute Gasteiger partial charge is 0.336 e. The summed E-state index contributed by atoms with van der Waals surface area (Å²) in [5.41, 5.74) is -5.48. The molecule has 0 saturated heterocycles. The Bertz CT molecular complexity index is 529. The van der Waals surface area contributed by atoms with E-state index in [1.165, 1.54) is 0 Å². The van der Waals surface area contributed by atoms with E-state index in [1.807, 2.05) is 0 Å². The van der Waals surface area contributed by atoms with E-state index in [0.717, 1.165) is 0 Å². The van der Waals surface area contributed by atoms with Crippen LogP contribution in [0.1, 0.15) is 25.7 Å². The van der Waals surface area contributed by atoms with Crippen LogP contribution < -0.4 is 36.9 Å². The first kappa shape index (κ1) is 51.3. The zero-order chi connectivity index (χ0) is 21.3. The molecule has 0 heterocycles. The number of rotatable bonds is 10. The molecule has 0 bridgehead atoms. The lowest BCUT2D eigenvalue weighted by atomic mass is 9.96. The van der Waals surface area contributed by atoms with Gasteiger partial charge in [0.05, 0.1) is 25.7 Å². The number of hydrogen-bond acceptors (Lipinski definition) is 14. The molecule has 20 heteroatoms. The monoisotopic (exact) mass is 486 g/mol. The molecule has 196 valence electrons. The van der Waals surface area contributed by atoms with Crippen LogP contribution in [0.2, 0.25) is 0 Å². The molecule has 26 N–H and O–H groups in total. The minimum Gasteiger partial charge on any atom is -0.481 e. The Morgan fingerprint density at radius 3 is 0.594 bits per heavy atom. The summed E-state index contributed by atoms with van der Waals surface area (Å²) in [6.07, 6.45) is -4.58. The third-order valence-corrected chi connectivity index (χ3v) is 2.57. The van der Waals surface area contributed by atoms with Crippen LogP contribution >= 0.6 is 0 Å². The summed E-state index contributed by atoms with van der Waals surface area (Å²) >= 11 is 0. The number of carboxylic acid groups (broad SMARTS) is 6. The molecule has 0 aromatic heterocycles. The van der Waals surface area contributed by atoms with Gasteiger partial charge in [0.1, 0.15) is 0 Å². The molecule has 32 heavy (non-hydrogen) atoms. The number of aliphatic carboxylic acids is 6. The minimum absolute atomic E-state index is 0. The van der Waals surface area contributed by atoms with Crippen molar-refractivity contribution in [1.82, 2.24) is 36.9 Å². The van der Waals surface area contributed by atoms with E-state index < -0.39 is 72.7 Å². The van der Waals surface area contributed by atoms with Crippen molar-refractivity contribution in [1.29, 1.82) is 0 Å². The summed E-state index contributed by atoms with van der Waals surface area (Å²) in [5.74, 6) is -10.0. The Hall–Kier alpha value is -3.50. The summed E-state index contributed by atoms with van der Waals surface area (Å²) < 4.78 is 0. The number of aliphatic hydroxyl groups is 2. The standard InChI is InChI=1S/2C6H8O7.6H3N/c2*7-3(8)1-6(13,5(11)12)2-4(9)10;;;;;;/h2*13H,1-2H2,(H,7,8)(H,9,10)(H,11,12);6*1H3. The highest BCUT2D eigenvalue weighted by Crippen LogP contribution is 2.16. The molecular formula is C12H34N6O14. The molecule has 0 saturated carbocycles. The molecular weight excluding hydrogens is 452 g/mol. The highest BCUT2D eigenvalue weighted by atomic mass is 16.4. The Morgan fingerprint density at radius 2 is 0.531 bits per heavy atom. The minimum atomic E-state index is -2.74. The van der Waals surface area contributed by atoms with E-state index in [4.69, 9.17) is 40.9 Å². The third kappa shape index (κ3) is 21.2. The van der Waals surface area contributed by atoms with Gasteiger partial charge in [0.2, 0.25) is 0 Å². The van der Waals surface area contributed by atoms with Crippen molar-refractivity contribution in [2.45, 2.75) is 36.9 Å². The van der Waals surface area contributed by atoms with Gasteiger partial charge in [0.15, 0.2) is 11.2 Å². The number of carbonyl (C=O) groups is 6. The van der Waals surface area contributed by atoms with Crippen LogP contribution in [0.5, 0.6) is 0 Å². The van der Waals surface area contributed by atoms with Gasteiger partial charge in [0, 0.05) is 0 Å². The van der Waals surface area contributed by atoms with Gasteiger partial charge in [-0.05, 0) is 0 Å². The predicted octanol–water partition coefficient (Wildman–Crippen LogP) is -1.52. The Morgan fingerprint density at radius 1 is 0.406 bits per heavy atom. The van der Waals surface area contributed by atoms with Crippen LogP contribution in [-0.4, -0.2) is 87.9 Å². The van der Waals surface area contributed by atoms with E-state index in [2.05, 4.69) is 0 Å². The lowest BCUT2D eigenvalue weighted by molar-refractivity contribution is -0.170. The second-order valence-electron chi connectivity index (χ2n) is 4.96. The van der Waals surface area contributed by atoms with Crippen LogP contribution in [0.3, 0.4) is 0 Å². The van der Waals surface area contributed by atoms with Crippen LogP contribution in [0.4, 0.5) is 0 Å². The zero-order valence-corrected chi connectivity index (χ0v) is 17.1. The Kier molecular flexibility index (Phi) is 33.3. The molecule has 0 radical (unpaired) electrons. The van der Waals surface area contributed by atoms with Crippen LogP contribution in [0, 0.1) is 0 Å². The van der Waals surface area contributed by atoms with Crippen molar-refractivity contribution in [3.05, 3.63) is 0 Å². The summed E-state index contributed by atoms with van der Waals surface area (Å²) in [6.45, 7) is 0. The van der Waals surface area contributed by atoms with Crippen molar-refractivity contribution < 1.29 is 69.6 Å².